The van der Waals surface area contributed by atoms with Gasteiger partial charge in [-0.2, -0.15) is 0 Å². The van der Waals surface area contributed by atoms with Crippen molar-refractivity contribution in [1.82, 2.24) is 5.32 Å². The molecule has 0 heterocycles. The van der Waals surface area contributed by atoms with E-state index < -0.39 is 38.0 Å². The van der Waals surface area contributed by atoms with Gasteiger partial charge in [-0.15, -0.1) is 0 Å². The van der Waals surface area contributed by atoms with E-state index in [1.807, 2.05) is 13.8 Å². The number of rotatable bonds is 6. The van der Waals surface area contributed by atoms with E-state index in [1.54, 1.807) is 0 Å². The molecule has 118 valence electrons. The molecule has 0 fully saturated rings. The molecule has 0 radical (unpaired) electrons. The number of nitrogens with two attached hydrogens (primary N) is 1. The quantitative estimate of drug-likeness (QED) is 0.839. The molecule has 0 aromatic heterocycles. The third-order valence-corrected chi connectivity index (χ3v) is 3.96. The van der Waals surface area contributed by atoms with Crippen LogP contribution in [0.15, 0.2) is 17.0 Å². The van der Waals surface area contributed by atoms with Crippen LogP contribution in [0.1, 0.15) is 43.5 Å². The minimum Gasteiger partial charge on any atom is -0.349 e. The monoisotopic (exact) mass is 320 g/mol. The molecule has 1 aromatic carbocycles. The first-order valence-corrected chi connectivity index (χ1v) is 8.08. The summed E-state index contributed by atoms with van der Waals surface area (Å²) < 4.78 is 49.5. The third-order valence-electron chi connectivity index (χ3n) is 3.04. The maximum absolute atomic E-state index is 13.7. The summed E-state index contributed by atoms with van der Waals surface area (Å²) in [6.07, 6.45) is 2.17. The van der Waals surface area contributed by atoms with E-state index in [9.17, 15) is 22.0 Å². The molecule has 0 aliphatic rings. The van der Waals surface area contributed by atoms with Crippen LogP contribution in [0.4, 0.5) is 8.78 Å². The first-order valence-electron chi connectivity index (χ1n) is 6.53. The Morgan fingerprint density at radius 3 is 2.38 bits per heavy atom. The molecule has 0 aliphatic heterocycles. The Morgan fingerprint density at radius 2 is 1.90 bits per heavy atom. The van der Waals surface area contributed by atoms with Gasteiger partial charge in [0, 0.05) is 12.1 Å². The highest BCUT2D eigenvalue weighted by Gasteiger charge is 2.22. The number of halogens is 2. The molecule has 1 unspecified atom stereocenters. The highest BCUT2D eigenvalue weighted by Crippen LogP contribution is 2.19. The minimum atomic E-state index is -4.37. The van der Waals surface area contributed by atoms with Gasteiger partial charge >= 0.3 is 0 Å². The van der Waals surface area contributed by atoms with Crippen molar-refractivity contribution < 1.29 is 22.0 Å². The van der Waals surface area contributed by atoms with E-state index in [-0.39, 0.29) is 6.04 Å². The zero-order valence-corrected chi connectivity index (χ0v) is 12.6. The van der Waals surface area contributed by atoms with Crippen LogP contribution in [-0.4, -0.2) is 20.4 Å². The normalized spacial score (nSPS) is 13.0. The van der Waals surface area contributed by atoms with Crippen molar-refractivity contribution >= 4 is 15.9 Å². The van der Waals surface area contributed by atoms with Crippen molar-refractivity contribution in [3.63, 3.8) is 0 Å². The Morgan fingerprint density at radius 1 is 1.29 bits per heavy atom. The summed E-state index contributed by atoms with van der Waals surface area (Å²) in [7, 11) is -4.37. The van der Waals surface area contributed by atoms with E-state index in [1.165, 1.54) is 0 Å². The van der Waals surface area contributed by atoms with Crippen molar-refractivity contribution in [2.24, 2.45) is 5.14 Å². The Kier molecular flexibility index (Phi) is 5.79. The molecule has 1 rings (SSSR count). The molecule has 1 aromatic rings. The number of amides is 1. The second-order valence-electron chi connectivity index (χ2n) is 4.67. The maximum Gasteiger partial charge on any atom is 0.254 e. The van der Waals surface area contributed by atoms with Crippen molar-refractivity contribution in [1.29, 1.82) is 0 Å². The predicted octanol–water partition coefficient (Wildman–Crippen LogP) is 1.92. The van der Waals surface area contributed by atoms with E-state index in [0.29, 0.717) is 25.0 Å². The van der Waals surface area contributed by atoms with Crippen LogP contribution < -0.4 is 10.5 Å². The lowest BCUT2D eigenvalue weighted by molar-refractivity contribution is 0.0929. The lowest BCUT2D eigenvalue weighted by Crippen LogP contribution is -2.35. The second kappa shape index (κ2) is 6.95. The largest absolute Gasteiger partial charge is 0.349 e. The minimum absolute atomic E-state index is 0.162. The fourth-order valence-electron chi connectivity index (χ4n) is 1.91. The number of primary sulfonamides is 1. The van der Waals surface area contributed by atoms with Crippen LogP contribution in [0.3, 0.4) is 0 Å². The number of hydrogen-bond acceptors (Lipinski definition) is 3. The fourth-order valence-corrected chi connectivity index (χ4v) is 2.52. The van der Waals surface area contributed by atoms with Crippen molar-refractivity contribution in [2.45, 2.75) is 44.0 Å². The van der Waals surface area contributed by atoms with Gasteiger partial charge in [-0.25, -0.2) is 22.3 Å². The van der Waals surface area contributed by atoms with Crippen molar-refractivity contribution in [3.05, 3.63) is 29.3 Å². The Bertz CT molecular complexity index is 633. The van der Waals surface area contributed by atoms with Gasteiger partial charge in [-0.3, -0.25) is 4.79 Å². The van der Waals surface area contributed by atoms with Crippen LogP contribution >= 0.6 is 0 Å². The number of nitrogens with one attached hydrogen (secondary N) is 1. The first kappa shape index (κ1) is 17.5. The summed E-state index contributed by atoms with van der Waals surface area (Å²) >= 11 is 0. The number of carbonyl (C=O) groups is 1. The summed E-state index contributed by atoms with van der Waals surface area (Å²) in [6.45, 7) is 3.80. The van der Waals surface area contributed by atoms with E-state index in [0.717, 1.165) is 6.42 Å². The van der Waals surface area contributed by atoms with Crippen LogP contribution in [0.5, 0.6) is 0 Å². The summed E-state index contributed by atoms with van der Waals surface area (Å²) in [6, 6.07) is 0.800. The maximum atomic E-state index is 13.7. The molecule has 0 saturated carbocycles. The lowest BCUT2D eigenvalue weighted by Gasteiger charge is -2.16. The molecule has 5 nitrogen and oxygen atoms in total. The molecular formula is C13H18F2N2O3S. The average Bonchev–Trinajstić information content (AvgIpc) is 2.36. The average molecular weight is 320 g/mol. The summed E-state index contributed by atoms with van der Waals surface area (Å²) in [5, 5.41) is 7.42. The molecule has 0 spiro atoms. The van der Waals surface area contributed by atoms with Gasteiger partial charge < -0.3 is 5.32 Å². The topological polar surface area (TPSA) is 89.3 Å². The van der Waals surface area contributed by atoms with E-state index >= 15 is 0 Å². The highest BCUT2D eigenvalue weighted by molar-refractivity contribution is 7.89. The number of sulfonamides is 1. The van der Waals surface area contributed by atoms with Gasteiger partial charge in [0.1, 0.15) is 16.5 Å². The van der Waals surface area contributed by atoms with Gasteiger partial charge in [0.15, 0.2) is 0 Å². The Labute approximate surface area is 122 Å². The van der Waals surface area contributed by atoms with Crippen LogP contribution in [0, 0.1) is 11.6 Å². The Balaban J connectivity index is 3.15. The van der Waals surface area contributed by atoms with Crippen LogP contribution in [0.2, 0.25) is 0 Å². The Hall–Kier alpha value is -1.54. The van der Waals surface area contributed by atoms with E-state index in [4.69, 9.17) is 5.14 Å². The van der Waals surface area contributed by atoms with Crippen LogP contribution in [-0.2, 0) is 10.0 Å². The molecule has 0 saturated heterocycles. The summed E-state index contributed by atoms with van der Waals surface area (Å²) in [5.41, 5.74) is -0.546. The summed E-state index contributed by atoms with van der Waals surface area (Å²) in [5.74, 6) is -3.26. The predicted molar refractivity (Wildman–Crippen MR) is 74.2 cm³/mol. The molecule has 1 atom stereocenters. The van der Waals surface area contributed by atoms with Gasteiger partial charge in [0.25, 0.3) is 5.91 Å². The molecule has 1 amide bonds. The zero-order valence-electron chi connectivity index (χ0n) is 11.8. The van der Waals surface area contributed by atoms with Gasteiger partial charge in [-0.05, 0) is 18.9 Å². The number of hydrogen-bond donors (Lipinski definition) is 2. The van der Waals surface area contributed by atoms with Crippen molar-refractivity contribution in [3.8, 4) is 0 Å². The summed E-state index contributed by atoms with van der Waals surface area (Å²) in [4.78, 5) is 11.1. The number of benzene rings is 1. The SMILES string of the molecule is CCCC(CC)NC(=O)c1cc(S(N)(=O)=O)c(F)cc1F. The molecule has 0 bridgehead atoms. The molecule has 8 heteroatoms. The molecular weight excluding hydrogens is 302 g/mol. The van der Waals surface area contributed by atoms with E-state index in [2.05, 4.69) is 5.32 Å². The van der Waals surface area contributed by atoms with Gasteiger partial charge in [0.2, 0.25) is 10.0 Å². The smallest absolute Gasteiger partial charge is 0.254 e. The van der Waals surface area contributed by atoms with Gasteiger partial charge in [-0.1, -0.05) is 20.3 Å². The van der Waals surface area contributed by atoms with Crippen molar-refractivity contribution in [2.75, 3.05) is 0 Å². The third kappa shape index (κ3) is 4.47. The standard InChI is InChI=1S/C13H18F2N2O3S/c1-3-5-8(4-2)17-13(18)9-6-12(21(16,19)20)11(15)7-10(9)14/h6-8H,3-5H2,1-2H3,(H,17,18)(H2,16,19,20). The van der Waals surface area contributed by atoms with Crippen LogP contribution in [0.25, 0.3) is 0 Å². The van der Waals surface area contributed by atoms with Gasteiger partial charge in [0.05, 0.1) is 5.56 Å². The highest BCUT2D eigenvalue weighted by atomic mass is 32.2. The second-order valence-corrected chi connectivity index (χ2v) is 6.20. The first-order chi connectivity index (χ1) is 9.70. The fraction of sp³-hybridized carbons (Fsp3) is 0.462. The number of carbonyl (C=O) groups excluding carboxylic acids is 1. The lowest BCUT2D eigenvalue weighted by atomic mass is 10.1. The molecule has 21 heavy (non-hydrogen) atoms. The zero-order chi connectivity index (χ0) is 16.2. The molecule has 3 N–H and O–H groups in total. The molecule has 0 aliphatic carbocycles.